The number of hydrogen-bond acceptors (Lipinski definition) is 2. The highest BCUT2D eigenvalue weighted by Gasteiger charge is 2.22. The largest absolute Gasteiger partial charge is 0.317 e. The van der Waals surface area contributed by atoms with Gasteiger partial charge in [-0.1, -0.05) is 28.1 Å². The molecule has 1 unspecified atom stereocenters. The molecule has 1 fully saturated rings. The molecule has 0 aromatic heterocycles. The summed E-state index contributed by atoms with van der Waals surface area (Å²) >= 11 is 3.51. The van der Waals surface area contributed by atoms with E-state index in [0.29, 0.717) is 12.1 Å². The van der Waals surface area contributed by atoms with E-state index in [4.69, 9.17) is 0 Å². The van der Waals surface area contributed by atoms with Gasteiger partial charge in [0.15, 0.2) is 0 Å². The van der Waals surface area contributed by atoms with Gasteiger partial charge in [0.25, 0.3) is 0 Å². The van der Waals surface area contributed by atoms with E-state index in [9.17, 15) is 0 Å². The van der Waals surface area contributed by atoms with E-state index in [2.05, 4.69) is 71.2 Å². The lowest BCUT2D eigenvalue weighted by Crippen LogP contribution is -2.44. The summed E-state index contributed by atoms with van der Waals surface area (Å²) in [6.45, 7) is 10.7. The zero-order chi connectivity index (χ0) is 15.2. The Morgan fingerprint density at radius 1 is 1.14 bits per heavy atom. The summed E-state index contributed by atoms with van der Waals surface area (Å²) in [4.78, 5) is 2.69. The summed E-state index contributed by atoms with van der Waals surface area (Å²) in [5.74, 6) is 0.862. The minimum Gasteiger partial charge on any atom is -0.317 e. The first kappa shape index (κ1) is 17.0. The molecule has 1 aliphatic heterocycles. The van der Waals surface area contributed by atoms with Crippen molar-refractivity contribution in [3.8, 4) is 0 Å². The van der Waals surface area contributed by atoms with Crippen molar-refractivity contribution in [2.24, 2.45) is 5.92 Å². The fourth-order valence-corrected chi connectivity index (χ4v) is 3.61. The van der Waals surface area contributed by atoms with E-state index in [-0.39, 0.29) is 0 Å². The third kappa shape index (κ3) is 5.39. The lowest BCUT2D eigenvalue weighted by molar-refractivity contribution is 0.124. The van der Waals surface area contributed by atoms with Gasteiger partial charge in [-0.05, 0) is 76.7 Å². The topological polar surface area (TPSA) is 15.3 Å². The van der Waals surface area contributed by atoms with Crippen molar-refractivity contribution in [1.29, 1.82) is 0 Å². The highest BCUT2D eigenvalue weighted by atomic mass is 79.9. The molecular weight excluding hydrogens is 324 g/mol. The van der Waals surface area contributed by atoms with Gasteiger partial charge in [-0.15, -0.1) is 0 Å². The molecule has 0 spiro atoms. The Morgan fingerprint density at radius 3 is 2.33 bits per heavy atom. The van der Waals surface area contributed by atoms with E-state index in [1.165, 1.54) is 38.0 Å². The molecule has 0 saturated carbocycles. The van der Waals surface area contributed by atoms with Crippen molar-refractivity contribution >= 4 is 15.9 Å². The maximum absolute atomic E-state index is 3.51. The summed E-state index contributed by atoms with van der Waals surface area (Å²) in [5.41, 5.74) is 1.43. The molecule has 0 aliphatic carbocycles. The van der Waals surface area contributed by atoms with Gasteiger partial charge in [-0.25, -0.2) is 0 Å². The van der Waals surface area contributed by atoms with Gasteiger partial charge in [0.05, 0.1) is 0 Å². The monoisotopic (exact) mass is 352 g/mol. The fourth-order valence-electron chi connectivity index (χ4n) is 3.34. The first-order valence-electron chi connectivity index (χ1n) is 8.27. The average Bonchev–Trinajstić information content (AvgIpc) is 2.48. The van der Waals surface area contributed by atoms with Crippen LogP contribution in [0.25, 0.3) is 0 Å². The van der Waals surface area contributed by atoms with Crippen LogP contribution in [-0.2, 0) is 6.42 Å². The molecule has 1 aromatic rings. The van der Waals surface area contributed by atoms with Crippen LogP contribution in [-0.4, -0.2) is 36.6 Å². The number of halogens is 1. The summed E-state index contributed by atoms with van der Waals surface area (Å²) in [5, 5.41) is 3.47. The lowest BCUT2D eigenvalue weighted by Gasteiger charge is -2.37. The molecule has 1 saturated heterocycles. The molecule has 1 aliphatic rings. The van der Waals surface area contributed by atoms with Gasteiger partial charge in [0.1, 0.15) is 0 Å². The summed E-state index contributed by atoms with van der Waals surface area (Å²) in [6, 6.07) is 9.99. The van der Waals surface area contributed by atoms with Crippen molar-refractivity contribution in [3.05, 3.63) is 34.3 Å². The van der Waals surface area contributed by atoms with E-state index >= 15 is 0 Å². The van der Waals surface area contributed by atoms with Crippen LogP contribution in [0.2, 0.25) is 0 Å². The van der Waals surface area contributed by atoms with Crippen molar-refractivity contribution in [3.63, 3.8) is 0 Å². The van der Waals surface area contributed by atoms with Crippen LogP contribution in [0.4, 0.5) is 0 Å². The second-order valence-electron chi connectivity index (χ2n) is 6.66. The molecule has 2 nitrogen and oxygen atoms in total. The second kappa shape index (κ2) is 8.30. The number of benzene rings is 1. The van der Waals surface area contributed by atoms with E-state index in [1.54, 1.807) is 0 Å². The zero-order valence-electron chi connectivity index (χ0n) is 13.6. The van der Waals surface area contributed by atoms with Crippen LogP contribution < -0.4 is 5.32 Å². The Bertz CT molecular complexity index is 410. The standard InChI is InChI=1S/C18H29BrN2/c1-14(2)21(13-17-8-10-20-11-9-17)15(3)12-16-4-6-18(19)7-5-16/h4-7,14-15,17,20H,8-13H2,1-3H3. The first-order chi connectivity index (χ1) is 10.1. The van der Waals surface area contributed by atoms with Crippen LogP contribution in [0.15, 0.2) is 28.7 Å². The van der Waals surface area contributed by atoms with Gasteiger partial charge >= 0.3 is 0 Å². The molecule has 0 radical (unpaired) electrons. The van der Waals surface area contributed by atoms with Gasteiger partial charge < -0.3 is 5.32 Å². The zero-order valence-corrected chi connectivity index (χ0v) is 15.2. The second-order valence-corrected chi connectivity index (χ2v) is 7.58. The number of nitrogens with one attached hydrogen (secondary N) is 1. The number of nitrogens with zero attached hydrogens (tertiary/aromatic N) is 1. The molecule has 0 bridgehead atoms. The smallest absolute Gasteiger partial charge is 0.0175 e. The van der Waals surface area contributed by atoms with Gasteiger partial charge in [-0.3, -0.25) is 4.90 Å². The molecule has 21 heavy (non-hydrogen) atoms. The van der Waals surface area contributed by atoms with Crippen LogP contribution >= 0.6 is 15.9 Å². The quantitative estimate of drug-likeness (QED) is 0.829. The number of hydrogen-bond donors (Lipinski definition) is 1. The molecular formula is C18H29BrN2. The molecule has 1 heterocycles. The highest BCUT2D eigenvalue weighted by molar-refractivity contribution is 9.10. The summed E-state index contributed by atoms with van der Waals surface area (Å²) < 4.78 is 1.16. The average molecular weight is 353 g/mol. The van der Waals surface area contributed by atoms with Gasteiger partial charge in [-0.2, -0.15) is 0 Å². The highest BCUT2D eigenvalue weighted by Crippen LogP contribution is 2.20. The van der Waals surface area contributed by atoms with Crippen LogP contribution in [0.1, 0.15) is 39.2 Å². The normalized spacial score (nSPS) is 18.4. The SMILES string of the molecule is CC(C)N(CC1CCNCC1)C(C)Cc1ccc(Br)cc1. The molecule has 2 rings (SSSR count). The molecule has 1 aromatic carbocycles. The maximum atomic E-state index is 3.51. The Morgan fingerprint density at radius 2 is 1.76 bits per heavy atom. The van der Waals surface area contributed by atoms with Crippen molar-refractivity contribution < 1.29 is 0 Å². The van der Waals surface area contributed by atoms with Crippen molar-refractivity contribution in [1.82, 2.24) is 10.2 Å². The fraction of sp³-hybridized carbons (Fsp3) is 0.667. The predicted molar refractivity (Wildman–Crippen MR) is 94.7 cm³/mol. The number of piperidine rings is 1. The van der Waals surface area contributed by atoms with E-state index in [0.717, 1.165) is 16.8 Å². The van der Waals surface area contributed by atoms with Gasteiger partial charge in [0.2, 0.25) is 0 Å². The maximum Gasteiger partial charge on any atom is 0.0175 e. The molecule has 3 heteroatoms. The van der Waals surface area contributed by atoms with Crippen molar-refractivity contribution in [2.45, 2.75) is 52.1 Å². The third-order valence-electron chi connectivity index (χ3n) is 4.60. The van der Waals surface area contributed by atoms with Crippen LogP contribution in [0, 0.1) is 5.92 Å². The Balaban J connectivity index is 1.94. The molecule has 1 atom stereocenters. The Hall–Kier alpha value is -0.380. The Kier molecular flexibility index (Phi) is 6.72. The van der Waals surface area contributed by atoms with E-state index in [1.807, 2.05) is 0 Å². The summed E-state index contributed by atoms with van der Waals surface area (Å²) in [7, 11) is 0. The van der Waals surface area contributed by atoms with Gasteiger partial charge in [0, 0.05) is 23.1 Å². The summed E-state index contributed by atoms with van der Waals surface area (Å²) in [6.07, 6.45) is 3.79. The minimum atomic E-state index is 0.598. The third-order valence-corrected chi connectivity index (χ3v) is 5.13. The first-order valence-corrected chi connectivity index (χ1v) is 9.06. The Labute approximate surface area is 138 Å². The van der Waals surface area contributed by atoms with E-state index < -0.39 is 0 Å². The van der Waals surface area contributed by atoms with Crippen molar-refractivity contribution in [2.75, 3.05) is 19.6 Å². The lowest BCUT2D eigenvalue weighted by atomic mass is 9.95. The molecule has 118 valence electrons. The minimum absolute atomic E-state index is 0.598. The molecule has 1 N–H and O–H groups in total. The molecule has 0 amide bonds. The predicted octanol–water partition coefficient (Wildman–Crippen LogP) is 4.09. The number of rotatable bonds is 6. The van der Waals surface area contributed by atoms with Crippen LogP contribution in [0.3, 0.4) is 0 Å². The van der Waals surface area contributed by atoms with Crippen LogP contribution in [0.5, 0.6) is 0 Å².